The highest BCUT2D eigenvalue weighted by atomic mass is 16.1. The Morgan fingerprint density at radius 1 is 0.741 bits per heavy atom. The van der Waals surface area contributed by atoms with Gasteiger partial charge in [0.05, 0.1) is 0 Å². The Bertz CT molecular complexity index is 803. The Labute approximate surface area is 161 Å². The van der Waals surface area contributed by atoms with Gasteiger partial charge in [0.15, 0.2) is 0 Å². The Hall–Kier alpha value is -3.07. The third-order valence-corrected chi connectivity index (χ3v) is 4.42. The van der Waals surface area contributed by atoms with Crippen molar-refractivity contribution >= 4 is 17.3 Å². The normalized spacial score (nSPS) is 10.8. The summed E-state index contributed by atoms with van der Waals surface area (Å²) in [5.74, 6) is 0.0477. The minimum absolute atomic E-state index is 0.0114. The first kappa shape index (κ1) is 18.7. The summed E-state index contributed by atoms with van der Waals surface area (Å²) in [4.78, 5) is 12.7. The molecule has 3 aromatic rings. The van der Waals surface area contributed by atoms with Gasteiger partial charge in [0, 0.05) is 29.8 Å². The minimum Gasteiger partial charge on any atom is -0.383 e. The third-order valence-electron chi connectivity index (χ3n) is 4.42. The van der Waals surface area contributed by atoms with Crippen LogP contribution in [-0.4, -0.2) is 11.9 Å². The van der Waals surface area contributed by atoms with Crippen molar-refractivity contribution in [3.8, 4) is 0 Å². The van der Waals surface area contributed by atoms with Crippen molar-refractivity contribution in [1.82, 2.24) is 0 Å². The van der Waals surface area contributed by atoms with Gasteiger partial charge in [0.2, 0.25) is 5.91 Å². The zero-order chi connectivity index (χ0) is 19.1. The second-order valence-electron chi connectivity index (χ2n) is 7.00. The summed E-state index contributed by atoms with van der Waals surface area (Å²) in [6.45, 7) is 4.20. The van der Waals surface area contributed by atoms with Crippen molar-refractivity contribution in [2.45, 2.75) is 32.2 Å². The van der Waals surface area contributed by atoms with Gasteiger partial charge in [-0.05, 0) is 49.2 Å². The summed E-state index contributed by atoms with van der Waals surface area (Å²) < 4.78 is 0. The summed E-state index contributed by atoms with van der Waals surface area (Å²) in [5.41, 5.74) is 4.16. The Morgan fingerprint density at radius 2 is 1.22 bits per heavy atom. The molecule has 0 aliphatic carbocycles. The summed E-state index contributed by atoms with van der Waals surface area (Å²) in [5, 5.41) is 6.37. The number of carbonyl (C=O) groups excluding carboxylic acids is 1. The van der Waals surface area contributed by atoms with E-state index in [0.29, 0.717) is 12.5 Å². The van der Waals surface area contributed by atoms with Crippen molar-refractivity contribution < 1.29 is 4.79 Å². The molecule has 0 saturated heterocycles. The van der Waals surface area contributed by atoms with Crippen LogP contribution >= 0.6 is 0 Å². The molecule has 3 nitrogen and oxygen atoms in total. The molecule has 0 aliphatic heterocycles. The molecule has 0 bridgehead atoms. The van der Waals surface area contributed by atoms with Crippen LogP contribution in [0.1, 0.15) is 37.3 Å². The molecule has 0 heterocycles. The minimum atomic E-state index is 0.0114. The topological polar surface area (TPSA) is 41.1 Å². The lowest BCUT2D eigenvalue weighted by molar-refractivity contribution is -0.116. The Kier molecular flexibility index (Phi) is 6.26. The highest BCUT2D eigenvalue weighted by molar-refractivity contribution is 5.91. The SMILES string of the molecule is CC(C)Nc1ccc(NC(=O)CC(c2ccccc2)c2ccccc2)cc1. The second kappa shape index (κ2) is 9.04. The molecule has 0 saturated carbocycles. The molecule has 0 spiro atoms. The van der Waals surface area contributed by atoms with Crippen molar-refractivity contribution in [2.75, 3.05) is 10.6 Å². The molecule has 0 aromatic heterocycles. The number of benzene rings is 3. The highest BCUT2D eigenvalue weighted by Crippen LogP contribution is 2.28. The quantitative estimate of drug-likeness (QED) is 0.571. The van der Waals surface area contributed by atoms with Crippen molar-refractivity contribution in [1.29, 1.82) is 0 Å². The van der Waals surface area contributed by atoms with E-state index in [1.54, 1.807) is 0 Å². The smallest absolute Gasteiger partial charge is 0.225 e. The molecule has 0 atom stereocenters. The molecule has 27 heavy (non-hydrogen) atoms. The van der Waals surface area contributed by atoms with E-state index >= 15 is 0 Å². The van der Waals surface area contributed by atoms with Crippen LogP contribution in [0.25, 0.3) is 0 Å². The van der Waals surface area contributed by atoms with E-state index in [9.17, 15) is 4.79 Å². The number of anilines is 2. The molecule has 0 unspecified atom stereocenters. The number of rotatable bonds is 7. The lowest BCUT2D eigenvalue weighted by Gasteiger charge is -2.18. The lowest BCUT2D eigenvalue weighted by atomic mass is 9.88. The van der Waals surface area contributed by atoms with Gasteiger partial charge in [-0.1, -0.05) is 60.7 Å². The van der Waals surface area contributed by atoms with E-state index in [4.69, 9.17) is 0 Å². The third kappa shape index (κ3) is 5.45. The average Bonchev–Trinajstić information content (AvgIpc) is 2.69. The molecule has 3 rings (SSSR count). The van der Waals surface area contributed by atoms with Gasteiger partial charge in [-0.3, -0.25) is 4.79 Å². The van der Waals surface area contributed by atoms with Gasteiger partial charge in [-0.25, -0.2) is 0 Å². The number of hydrogen-bond donors (Lipinski definition) is 2. The van der Waals surface area contributed by atoms with Crippen LogP contribution in [0.2, 0.25) is 0 Å². The van der Waals surface area contributed by atoms with Crippen molar-refractivity contribution in [3.63, 3.8) is 0 Å². The number of carbonyl (C=O) groups is 1. The van der Waals surface area contributed by atoms with Gasteiger partial charge in [-0.2, -0.15) is 0 Å². The fourth-order valence-corrected chi connectivity index (χ4v) is 3.18. The molecule has 3 heteroatoms. The fraction of sp³-hybridized carbons (Fsp3) is 0.208. The molecule has 0 radical (unpaired) electrons. The van der Waals surface area contributed by atoms with Crippen LogP contribution in [0.4, 0.5) is 11.4 Å². The summed E-state index contributed by atoms with van der Waals surface area (Å²) in [7, 11) is 0. The maximum absolute atomic E-state index is 12.7. The van der Waals surface area contributed by atoms with Crippen molar-refractivity contribution in [3.05, 3.63) is 96.1 Å². The molecule has 0 fully saturated rings. The van der Waals surface area contributed by atoms with Crippen LogP contribution in [-0.2, 0) is 4.79 Å². The Balaban J connectivity index is 1.71. The summed E-state index contributed by atoms with van der Waals surface area (Å²) >= 11 is 0. The largest absolute Gasteiger partial charge is 0.383 e. The van der Waals surface area contributed by atoms with Crippen molar-refractivity contribution in [2.24, 2.45) is 0 Å². The highest BCUT2D eigenvalue weighted by Gasteiger charge is 2.18. The maximum Gasteiger partial charge on any atom is 0.225 e. The first-order chi connectivity index (χ1) is 13.1. The fourth-order valence-electron chi connectivity index (χ4n) is 3.18. The van der Waals surface area contributed by atoms with Crippen LogP contribution in [0, 0.1) is 0 Å². The van der Waals surface area contributed by atoms with Gasteiger partial charge >= 0.3 is 0 Å². The Morgan fingerprint density at radius 3 is 1.70 bits per heavy atom. The molecular formula is C24H26N2O. The lowest BCUT2D eigenvalue weighted by Crippen LogP contribution is -2.16. The molecular weight excluding hydrogens is 332 g/mol. The van der Waals surface area contributed by atoms with E-state index in [-0.39, 0.29) is 11.8 Å². The molecule has 0 aliphatic rings. The number of amides is 1. The van der Waals surface area contributed by atoms with Crippen LogP contribution in [0.15, 0.2) is 84.9 Å². The predicted molar refractivity (Wildman–Crippen MR) is 113 cm³/mol. The number of hydrogen-bond acceptors (Lipinski definition) is 2. The summed E-state index contributed by atoms with van der Waals surface area (Å²) in [6, 6.07) is 28.6. The van der Waals surface area contributed by atoms with E-state index < -0.39 is 0 Å². The first-order valence-electron chi connectivity index (χ1n) is 9.38. The van der Waals surface area contributed by atoms with Gasteiger partial charge in [0.1, 0.15) is 0 Å². The van der Waals surface area contributed by atoms with Gasteiger partial charge in [-0.15, -0.1) is 0 Å². The summed E-state index contributed by atoms with van der Waals surface area (Å²) in [6.07, 6.45) is 0.403. The molecule has 2 N–H and O–H groups in total. The standard InChI is InChI=1S/C24H26N2O/c1-18(2)25-21-13-15-22(16-14-21)26-24(27)17-23(19-9-5-3-6-10-19)20-11-7-4-8-12-20/h3-16,18,23,25H,17H2,1-2H3,(H,26,27). The van der Waals surface area contributed by atoms with E-state index in [1.165, 1.54) is 0 Å². The molecule has 1 amide bonds. The average molecular weight is 358 g/mol. The zero-order valence-corrected chi connectivity index (χ0v) is 15.9. The number of nitrogens with one attached hydrogen (secondary N) is 2. The zero-order valence-electron chi connectivity index (χ0n) is 15.9. The predicted octanol–water partition coefficient (Wildman–Crippen LogP) is 5.67. The molecule has 138 valence electrons. The van der Waals surface area contributed by atoms with Crippen LogP contribution in [0.3, 0.4) is 0 Å². The van der Waals surface area contributed by atoms with Gasteiger partial charge < -0.3 is 10.6 Å². The van der Waals surface area contributed by atoms with E-state index in [0.717, 1.165) is 22.5 Å². The maximum atomic E-state index is 12.7. The van der Waals surface area contributed by atoms with Gasteiger partial charge in [0.25, 0.3) is 0 Å². The molecule has 3 aromatic carbocycles. The van der Waals surface area contributed by atoms with E-state index in [2.05, 4.69) is 48.7 Å². The van der Waals surface area contributed by atoms with Crippen LogP contribution in [0.5, 0.6) is 0 Å². The first-order valence-corrected chi connectivity index (χ1v) is 9.38. The van der Waals surface area contributed by atoms with E-state index in [1.807, 2.05) is 60.7 Å². The van der Waals surface area contributed by atoms with Crippen LogP contribution < -0.4 is 10.6 Å². The monoisotopic (exact) mass is 358 g/mol. The second-order valence-corrected chi connectivity index (χ2v) is 7.00.